The number of likely N-dealkylation sites (N-methyl/N-ethyl adjacent to an activating group) is 2. The van der Waals surface area contributed by atoms with E-state index in [-0.39, 0.29) is 24.3 Å². The van der Waals surface area contributed by atoms with Crippen LogP contribution in [0, 0.1) is 0 Å². The van der Waals surface area contributed by atoms with E-state index < -0.39 is 0 Å². The van der Waals surface area contributed by atoms with Gasteiger partial charge in [-0.3, -0.25) is 14.5 Å². The Balaban J connectivity index is 2.71. The number of nitrogens with zero attached hydrogens (tertiary/aromatic N) is 2. The zero-order valence-corrected chi connectivity index (χ0v) is 13.9. The Hall–Kier alpha value is -1.39. The van der Waals surface area contributed by atoms with Gasteiger partial charge in [-0.05, 0) is 40.0 Å². The molecule has 1 aromatic carbocycles. The number of hydrogen-bond acceptors (Lipinski definition) is 3. The summed E-state index contributed by atoms with van der Waals surface area (Å²) in [6.45, 7) is 7.29. The predicted octanol–water partition coefficient (Wildman–Crippen LogP) is 2.71. The van der Waals surface area contributed by atoms with E-state index in [1.165, 1.54) is 0 Å². The molecule has 0 heterocycles. The minimum atomic E-state index is -0.372. The van der Waals surface area contributed by atoms with Crippen molar-refractivity contribution >= 4 is 23.3 Å². The minimum Gasteiger partial charge on any atom is -0.342 e. The number of carbonyl (C=O) groups is 2. The van der Waals surface area contributed by atoms with Crippen LogP contribution in [0.5, 0.6) is 0 Å². The maximum Gasteiger partial charge on any atom is 0.236 e. The molecule has 0 radical (unpaired) electrons. The van der Waals surface area contributed by atoms with Crippen LogP contribution < -0.4 is 0 Å². The van der Waals surface area contributed by atoms with Gasteiger partial charge in [0.05, 0.1) is 12.6 Å². The van der Waals surface area contributed by atoms with Gasteiger partial charge in [-0.2, -0.15) is 0 Å². The molecule has 0 saturated heterocycles. The Morgan fingerprint density at radius 2 is 1.86 bits per heavy atom. The third-order valence-corrected chi connectivity index (χ3v) is 3.89. The highest BCUT2D eigenvalue weighted by Gasteiger charge is 2.22. The summed E-state index contributed by atoms with van der Waals surface area (Å²) in [6.07, 6.45) is 0. The van der Waals surface area contributed by atoms with Gasteiger partial charge in [-0.25, -0.2) is 0 Å². The fourth-order valence-electron chi connectivity index (χ4n) is 2.11. The molecule has 1 amide bonds. The van der Waals surface area contributed by atoms with Crippen LogP contribution in [0.15, 0.2) is 24.3 Å². The Morgan fingerprint density at radius 1 is 1.24 bits per heavy atom. The topological polar surface area (TPSA) is 40.6 Å². The first-order chi connectivity index (χ1) is 9.90. The minimum absolute atomic E-state index is 0.0349. The van der Waals surface area contributed by atoms with E-state index in [0.29, 0.717) is 23.7 Å². The molecule has 0 N–H and O–H groups in total. The zero-order valence-electron chi connectivity index (χ0n) is 13.1. The Bertz CT molecular complexity index is 501. The van der Waals surface area contributed by atoms with Gasteiger partial charge in [-0.15, -0.1) is 0 Å². The lowest BCUT2D eigenvalue weighted by Crippen LogP contribution is -2.44. The summed E-state index contributed by atoms with van der Waals surface area (Å²) in [4.78, 5) is 28.0. The van der Waals surface area contributed by atoms with Crippen molar-refractivity contribution in [1.82, 2.24) is 9.80 Å². The molecule has 1 rings (SSSR count). The summed E-state index contributed by atoms with van der Waals surface area (Å²) >= 11 is 5.91. The highest BCUT2D eigenvalue weighted by molar-refractivity contribution is 6.31. The lowest BCUT2D eigenvalue weighted by molar-refractivity contribution is -0.131. The highest BCUT2D eigenvalue weighted by Crippen LogP contribution is 2.14. The van der Waals surface area contributed by atoms with Crippen molar-refractivity contribution in [2.24, 2.45) is 0 Å². The van der Waals surface area contributed by atoms with Crippen molar-refractivity contribution in [3.63, 3.8) is 0 Å². The third kappa shape index (κ3) is 4.83. The number of carbonyl (C=O) groups excluding carboxylic acids is 2. The number of ketones is 1. The first-order valence-electron chi connectivity index (χ1n) is 7.18. The SMILES string of the molecule is CCN(CC)C(=O)CN(C)C(C)C(=O)c1cccc(Cl)c1. The van der Waals surface area contributed by atoms with Gasteiger partial charge in [0, 0.05) is 23.7 Å². The van der Waals surface area contributed by atoms with Gasteiger partial charge < -0.3 is 4.90 Å². The lowest BCUT2D eigenvalue weighted by Gasteiger charge is -2.26. The molecular weight excluding hydrogens is 288 g/mol. The first-order valence-corrected chi connectivity index (χ1v) is 7.56. The Labute approximate surface area is 131 Å². The molecule has 0 aliphatic heterocycles. The quantitative estimate of drug-likeness (QED) is 0.727. The molecule has 4 nitrogen and oxygen atoms in total. The van der Waals surface area contributed by atoms with Crippen molar-refractivity contribution < 1.29 is 9.59 Å². The van der Waals surface area contributed by atoms with Gasteiger partial charge in [0.1, 0.15) is 0 Å². The van der Waals surface area contributed by atoms with E-state index in [2.05, 4.69) is 0 Å². The molecule has 0 bridgehead atoms. The molecule has 5 heteroatoms. The molecule has 1 unspecified atom stereocenters. The van der Waals surface area contributed by atoms with Gasteiger partial charge in [0.25, 0.3) is 0 Å². The number of hydrogen-bond donors (Lipinski definition) is 0. The van der Waals surface area contributed by atoms with Gasteiger partial charge in [0.15, 0.2) is 5.78 Å². The largest absolute Gasteiger partial charge is 0.342 e. The summed E-state index contributed by atoms with van der Waals surface area (Å²) in [5.41, 5.74) is 0.567. The van der Waals surface area contributed by atoms with Crippen LogP contribution in [0.25, 0.3) is 0 Å². The fourth-order valence-corrected chi connectivity index (χ4v) is 2.30. The smallest absolute Gasteiger partial charge is 0.236 e. The van der Waals surface area contributed by atoms with Crippen LogP contribution in [-0.4, -0.2) is 54.2 Å². The summed E-state index contributed by atoms with van der Waals surface area (Å²) in [6, 6.07) is 6.51. The van der Waals surface area contributed by atoms with Crippen molar-refractivity contribution in [2.75, 3.05) is 26.7 Å². The van der Waals surface area contributed by atoms with Gasteiger partial charge >= 0.3 is 0 Å². The number of amides is 1. The highest BCUT2D eigenvalue weighted by atomic mass is 35.5. The van der Waals surface area contributed by atoms with Crippen LogP contribution in [-0.2, 0) is 4.79 Å². The summed E-state index contributed by atoms with van der Waals surface area (Å²) in [5.74, 6) is 0.000547. The second kappa shape index (κ2) is 8.15. The van der Waals surface area contributed by atoms with Crippen molar-refractivity contribution in [3.8, 4) is 0 Å². The predicted molar refractivity (Wildman–Crippen MR) is 85.8 cm³/mol. The maximum atomic E-state index is 12.4. The van der Waals surface area contributed by atoms with Crippen LogP contribution in [0.1, 0.15) is 31.1 Å². The standard InChI is InChI=1S/C16H23ClN2O2/c1-5-19(6-2)15(20)11-18(4)12(3)16(21)13-8-7-9-14(17)10-13/h7-10,12H,5-6,11H2,1-4H3. The van der Waals surface area contributed by atoms with E-state index in [4.69, 9.17) is 11.6 Å². The van der Waals surface area contributed by atoms with Gasteiger partial charge in [-0.1, -0.05) is 23.7 Å². The summed E-state index contributed by atoms with van der Waals surface area (Å²) in [5, 5.41) is 0.537. The number of benzene rings is 1. The van der Waals surface area contributed by atoms with E-state index in [1.54, 1.807) is 48.0 Å². The molecular formula is C16H23ClN2O2. The molecule has 0 spiro atoms. The average Bonchev–Trinajstić information content (AvgIpc) is 2.46. The van der Waals surface area contributed by atoms with Gasteiger partial charge in [0.2, 0.25) is 5.91 Å². The monoisotopic (exact) mass is 310 g/mol. The Morgan fingerprint density at radius 3 is 2.38 bits per heavy atom. The second-order valence-electron chi connectivity index (χ2n) is 5.03. The van der Waals surface area contributed by atoms with Crippen LogP contribution >= 0.6 is 11.6 Å². The third-order valence-electron chi connectivity index (χ3n) is 3.65. The molecule has 0 aromatic heterocycles. The fraction of sp³-hybridized carbons (Fsp3) is 0.500. The number of halogens is 1. The molecule has 0 aliphatic rings. The van der Waals surface area contributed by atoms with Crippen LogP contribution in [0.4, 0.5) is 0 Å². The van der Waals surface area contributed by atoms with Crippen LogP contribution in [0.3, 0.4) is 0 Å². The molecule has 116 valence electrons. The molecule has 21 heavy (non-hydrogen) atoms. The number of rotatable bonds is 7. The van der Waals surface area contributed by atoms with Crippen molar-refractivity contribution in [3.05, 3.63) is 34.9 Å². The molecule has 0 fully saturated rings. The summed E-state index contributed by atoms with van der Waals surface area (Å²) < 4.78 is 0. The molecule has 0 aliphatic carbocycles. The van der Waals surface area contributed by atoms with Crippen molar-refractivity contribution in [2.45, 2.75) is 26.8 Å². The Kier molecular flexibility index (Phi) is 6.85. The van der Waals surface area contributed by atoms with Crippen LogP contribution in [0.2, 0.25) is 5.02 Å². The zero-order chi connectivity index (χ0) is 16.0. The average molecular weight is 311 g/mol. The van der Waals surface area contributed by atoms with Crippen molar-refractivity contribution in [1.29, 1.82) is 0 Å². The normalized spacial score (nSPS) is 12.3. The molecule has 1 aromatic rings. The second-order valence-corrected chi connectivity index (χ2v) is 5.47. The van der Waals surface area contributed by atoms with E-state index in [0.717, 1.165) is 0 Å². The maximum absolute atomic E-state index is 12.4. The lowest BCUT2D eigenvalue weighted by atomic mass is 10.0. The first kappa shape index (κ1) is 17.7. The number of Topliss-reactive ketones (excluding diaryl/α,β-unsaturated/α-hetero) is 1. The van der Waals surface area contributed by atoms with E-state index in [9.17, 15) is 9.59 Å². The molecule has 0 saturated carbocycles. The van der Waals surface area contributed by atoms with E-state index in [1.807, 2.05) is 13.8 Å². The van der Waals surface area contributed by atoms with E-state index >= 15 is 0 Å². The summed E-state index contributed by atoms with van der Waals surface area (Å²) in [7, 11) is 1.79. The molecule has 1 atom stereocenters.